The van der Waals surface area contributed by atoms with Crippen LogP contribution in [0.25, 0.3) is 0 Å². The molecule has 18 heavy (non-hydrogen) atoms. The summed E-state index contributed by atoms with van der Waals surface area (Å²) in [7, 11) is 0. The first kappa shape index (κ1) is 12.8. The van der Waals surface area contributed by atoms with Gasteiger partial charge in [-0.05, 0) is 12.1 Å². The number of benzene rings is 1. The van der Waals surface area contributed by atoms with Gasteiger partial charge < -0.3 is 4.84 Å². The van der Waals surface area contributed by atoms with Gasteiger partial charge in [-0.25, -0.2) is 4.79 Å². The minimum absolute atomic E-state index is 0.0852. The van der Waals surface area contributed by atoms with Crippen LogP contribution in [0, 0.1) is 0 Å². The van der Waals surface area contributed by atoms with Gasteiger partial charge in [-0.3, -0.25) is 4.74 Å². The van der Waals surface area contributed by atoms with E-state index in [1.807, 2.05) is 0 Å². The number of hydrogen-bond donors (Lipinski definition) is 0. The molecule has 2 rings (SSSR count). The molecule has 0 aromatic heterocycles. The summed E-state index contributed by atoms with van der Waals surface area (Å²) >= 11 is 0. The van der Waals surface area contributed by atoms with E-state index in [2.05, 4.69) is 4.74 Å². The van der Waals surface area contributed by atoms with E-state index in [9.17, 15) is 18.0 Å². The molecule has 1 aromatic carbocycles. The van der Waals surface area contributed by atoms with Crippen molar-refractivity contribution in [2.24, 2.45) is 0 Å². The van der Waals surface area contributed by atoms with Crippen molar-refractivity contribution >= 4 is 5.97 Å². The summed E-state index contributed by atoms with van der Waals surface area (Å²) < 4.78 is 39.3. The molecule has 0 bridgehead atoms. The molecule has 1 fully saturated rings. The maximum Gasteiger partial charge on any atom is 0.522 e. The standard InChI is InChI=1S/C11H10F3NO3/c12-11(13,14)17-9-6-15(7-9)18-10(16)8-4-2-1-3-5-8/h1-5,9H,6-7H2. The lowest BCUT2D eigenvalue weighted by Gasteiger charge is -2.36. The third-order valence-electron chi connectivity index (χ3n) is 2.34. The van der Waals surface area contributed by atoms with Gasteiger partial charge in [0.2, 0.25) is 0 Å². The van der Waals surface area contributed by atoms with E-state index in [-0.39, 0.29) is 13.1 Å². The van der Waals surface area contributed by atoms with Gasteiger partial charge in [0.15, 0.2) is 0 Å². The highest BCUT2D eigenvalue weighted by molar-refractivity contribution is 5.89. The number of alkyl halides is 3. The van der Waals surface area contributed by atoms with E-state index in [0.717, 1.165) is 5.06 Å². The van der Waals surface area contributed by atoms with Crippen molar-refractivity contribution in [3.05, 3.63) is 35.9 Å². The van der Waals surface area contributed by atoms with Crippen molar-refractivity contribution in [1.29, 1.82) is 0 Å². The first-order valence-electron chi connectivity index (χ1n) is 5.21. The second kappa shape index (κ2) is 4.95. The Morgan fingerprint density at radius 1 is 1.22 bits per heavy atom. The summed E-state index contributed by atoms with van der Waals surface area (Å²) in [5.74, 6) is -0.596. The zero-order chi connectivity index (χ0) is 13.2. The van der Waals surface area contributed by atoms with E-state index >= 15 is 0 Å². The number of nitrogens with zero attached hydrogens (tertiary/aromatic N) is 1. The Bertz CT molecular complexity index is 415. The largest absolute Gasteiger partial charge is 0.522 e. The van der Waals surface area contributed by atoms with Crippen LogP contribution in [0.5, 0.6) is 0 Å². The van der Waals surface area contributed by atoms with Gasteiger partial charge >= 0.3 is 12.3 Å². The van der Waals surface area contributed by atoms with Gasteiger partial charge in [-0.15, -0.1) is 18.2 Å². The Kier molecular flexibility index (Phi) is 3.53. The third-order valence-corrected chi connectivity index (χ3v) is 2.34. The van der Waals surface area contributed by atoms with Crippen LogP contribution in [-0.2, 0) is 9.57 Å². The molecule has 0 N–H and O–H groups in total. The van der Waals surface area contributed by atoms with Gasteiger partial charge in [0.05, 0.1) is 24.8 Å². The van der Waals surface area contributed by atoms with Crippen LogP contribution >= 0.6 is 0 Å². The summed E-state index contributed by atoms with van der Waals surface area (Å²) in [5, 5.41) is 1.13. The van der Waals surface area contributed by atoms with Crippen molar-refractivity contribution in [2.75, 3.05) is 13.1 Å². The summed E-state index contributed by atoms with van der Waals surface area (Å²) in [6.45, 7) is -0.170. The van der Waals surface area contributed by atoms with Crippen molar-refractivity contribution in [3.8, 4) is 0 Å². The molecule has 0 amide bonds. The molecule has 0 radical (unpaired) electrons. The zero-order valence-electron chi connectivity index (χ0n) is 9.18. The second-order valence-electron chi connectivity index (χ2n) is 3.78. The van der Waals surface area contributed by atoms with Crippen LogP contribution in [0.15, 0.2) is 30.3 Å². The lowest BCUT2D eigenvalue weighted by atomic mass is 10.2. The van der Waals surface area contributed by atoms with Crippen molar-refractivity contribution in [3.63, 3.8) is 0 Å². The molecule has 1 aliphatic rings. The molecule has 1 aromatic rings. The minimum Gasteiger partial charge on any atom is -0.364 e. The molecule has 1 aliphatic heterocycles. The van der Waals surface area contributed by atoms with Gasteiger partial charge in [0.1, 0.15) is 0 Å². The van der Waals surface area contributed by atoms with Crippen LogP contribution < -0.4 is 0 Å². The number of halogens is 3. The predicted molar refractivity (Wildman–Crippen MR) is 54.4 cm³/mol. The van der Waals surface area contributed by atoms with E-state index in [4.69, 9.17) is 4.84 Å². The number of hydroxylamine groups is 2. The zero-order valence-corrected chi connectivity index (χ0v) is 9.18. The molecule has 1 saturated heterocycles. The van der Waals surface area contributed by atoms with Crippen LogP contribution in [0.1, 0.15) is 10.4 Å². The fourth-order valence-electron chi connectivity index (χ4n) is 1.48. The van der Waals surface area contributed by atoms with Crippen molar-refractivity contribution in [1.82, 2.24) is 5.06 Å². The number of rotatable bonds is 3. The molecule has 0 atom stereocenters. The van der Waals surface area contributed by atoms with Gasteiger partial charge in [0, 0.05) is 0 Å². The van der Waals surface area contributed by atoms with Crippen molar-refractivity contribution < 1.29 is 27.5 Å². The van der Waals surface area contributed by atoms with E-state index < -0.39 is 18.4 Å². The average Bonchev–Trinajstić information content (AvgIpc) is 2.25. The SMILES string of the molecule is O=C(ON1CC(OC(F)(F)F)C1)c1ccccc1. The Morgan fingerprint density at radius 3 is 2.39 bits per heavy atom. The molecule has 98 valence electrons. The first-order chi connectivity index (χ1) is 8.44. The molecule has 4 nitrogen and oxygen atoms in total. The Morgan fingerprint density at radius 2 is 1.83 bits per heavy atom. The molecule has 0 spiro atoms. The van der Waals surface area contributed by atoms with E-state index in [1.165, 1.54) is 0 Å². The highest BCUT2D eigenvalue weighted by atomic mass is 19.4. The fraction of sp³-hybridized carbons (Fsp3) is 0.364. The fourth-order valence-corrected chi connectivity index (χ4v) is 1.48. The highest BCUT2D eigenvalue weighted by Crippen LogP contribution is 2.24. The molecule has 1 heterocycles. The van der Waals surface area contributed by atoms with Gasteiger partial charge in [-0.2, -0.15) is 0 Å². The Balaban J connectivity index is 1.76. The molecule has 0 aliphatic carbocycles. The first-order valence-corrected chi connectivity index (χ1v) is 5.21. The Hall–Kier alpha value is -1.60. The quantitative estimate of drug-likeness (QED) is 0.834. The van der Waals surface area contributed by atoms with Gasteiger partial charge in [0.25, 0.3) is 0 Å². The van der Waals surface area contributed by atoms with Crippen molar-refractivity contribution in [2.45, 2.75) is 12.5 Å². The minimum atomic E-state index is -4.65. The predicted octanol–water partition coefficient (Wildman–Crippen LogP) is 1.98. The molecule has 0 saturated carbocycles. The smallest absolute Gasteiger partial charge is 0.364 e. The van der Waals surface area contributed by atoms with E-state index in [0.29, 0.717) is 5.56 Å². The molecule has 0 unspecified atom stereocenters. The number of ether oxygens (including phenoxy) is 1. The van der Waals surface area contributed by atoms with E-state index in [1.54, 1.807) is 30.3 Å². The maximum absolute atomic E-state index is 11.8. The average molecular weight is 261 g/mol. The van der Waals surface area contributed by atoms with Crippen LogP contribution in [0.3, 0.4) is 0 Å². The van der Waals surface area contributed by atoms with Gasteiger partial charge in [-0.1, -0.05) is 18.2 Å². The van der Waals surface area contributed by atoms with Crippen LogP contribution in [-0.4, -0.2) is 36.6 Å². The van der Waals surface area contributed by atoms with Crippen LogP contribution in [0.2, 0.25) is 0 Å². The maximum atomic E-state index is 11.8. The lowest BCUT2D eigenvalue weighted by molar-refractivity contribution is -0.368. The topological polar surface area (TPSA) is 38.8 Å². The second-order valence-corrected chi connectivity index (χ2v) is 3.78. The monoisotopic (exact) mass is 261 g/mol. The highest BCUT2D eigenvalue weighted by Gasteiger charge is 2.40. The summed E-state index contributed by atoms with van der Waals surface area (Å²) in [6, 6.07) is 8.20. The summed E-state index contributed by atoms with van der Waals surface area (Å²) in [6.07, 6.45) is -5.63. The number of hydrogen-bond acceptors (Lipinski definition) is 4. The number of carbonyl (C=O) groups excluding carboxylic acids is 1. The Labute approximate surface area is 101 Å². The molecular weight excluding hydrogens is 251 g/mol. The summed E-state index contributed by atoms with van der Waals surface area (Å²) in [4.78, 5) is 16.4. The van der Waals surface area contributed by atoms with Crippen LogP contribution in [0.4, 0.5) is 13.2 Å². The number of carbonyl (C=O) groups is 1. The lowest BCUT2D eigenvalue weighted by Crippen LogP contribution is -2.54. The molecular formula is C11H10F3NO3. The normalized spacial score (nSPS) is 17.3. The molecule has 7 heteroatoms. The summed E-state index contributed by atoms with van der Waals surface area (Å²) in [5.41, 5.74) is 0.345. The third kappa shape index (κ3) is 3.44.